The molecule has 0 aliphatic heterocycles. The first-order valence-corrected chi connectivity index (χ1v) is 8.06. The Bertz CT molecular complexity index is 700. The summed E-state index contributed by atoms with van der Waals surface area (Å²) in [4.78, 5) is 11.3. The summed E-state index contributed by atoms with van der Waals surface area (Å²) < 4.78 is 31.7. The van der Waals surface area contributed by atoms with Crippen molar-refractivity contribution in [2.75, 3.05) is 6.54 Å². The third kappa shape index (κ3) is 3.27. The highest BCUT2D eigenvalue weighted by Crippen LogP contribution is 2.25. The molecule has 0 atom stereocenters. The first kappa shape index (κ1) is 14.8. The molecule has 0 radical (unpaired) electrons. The molecule has 0 aliphatic carbocycles. The van der Waals surface area contributed by atoms with Gasteiger partial charge in [-0.2, -0.15) is 0 Å². The lowest BCUT2D eigenvalue weighted by Crippen LogP contribution is -2.26. The topological polar surface area (TPSA) is 96.6 Å². The van der Waals surface area contributed by atoms with Gasteiger partial charge < -0.3 is 9.52 Å². The fourth-order valence-corrected chi connectivity index (χ4v) is 4.14. The van der Waals surface area contributed by atoms with E-state index in [1.54, 1.807) is 19.1 Å². The molecule has 8 heteroatoms. The highest BCUT2D eigenvalue weighted by atomic mass is 32.2. The summed E-state index contributed by atoms with van der Waals surface area (Å²) in [5.41, 5.74) is 0. The molecule has 2 heterocycles. The number of aromatic carboxylic acids is 1. The van der Waals surface area contributed by atoms with Gasteiger partial charge in [0.05, 0.1) is 11.2 Å². The second-order valence-corrected chi connectivity index (χ2v) is 7.06. The molecule has 0 fully saturated rings. The number of furan rings is 1. The Labute approximate surface area is 120 Å². The molecule has 0 spiro atoms. The van der Waals surface area contributed by atoms with Gasteiger partial charge in [0, 0.05) is 17.8 Å². The van der Waals surface area contributed by atoms with Crippen LogP contribution < -0.4 is 4.72 Å². The summed E-state index contributed by atoms with van der Waals surface area (Å²) >= 11 is 0.943. The van der Waals surface area contributed by atoms with E-state index in [0.29, 0.717) is 17.1 Å². The van der Waals surface area contributed by atoms with Crippen LogP contribution in [0.4, 0.5) is 0 Å². The molecule has 0 aromatic carbocycles. The summed E-state index contributed by atoms with van der Waals surface area (Å²) in [5, 5.41) is 8.87. The van der Waals surface area contributed by atoms with Crippen LogP contribution in [0.2, 0.25) is 0 Å². The Morgan fingerprint density at radius 1 is 1.50 bits per heavy atom. The monoisotopic (exact) mass is 315 g/mol. The van der Waals surface area contributed by atoms with Gasteiger partial charge >= 0.3 is 5.97 Å². The van der Waals surface area contributed by atoms with E-state index in [2.05, 4.69) is 4.72 Å². The SMILES string of the molecule is Cc1sc(C(=O)O)cc1S(=O)(=O)NCCc1ccco1. The van der Waals surface area contributed by atoms with Crippen molar-refractivity contribution in [1.29, 1.82) is 0 Å². The summed E-state index contributed by atoms with van der Waals surface area (Å²) in [6, 6.07) is 4.66. The van der Waals surface area contributed by atoms with Crippen molar-refractivity contribution in [3.8, 4) is 0 Å². The Morgan fingerprint density at radius 2 is 2.25 bits per heavy atom. The second kappa shape index (κ2) is 5.78. The van der Waals surface area contributed by atoms with E-state index in [4.69, 9.17) is 9.52 Å². The van der Waals surface area contributed by atoms with Crippen molar-refractivity contribution in [3.05, 3.63) is 40.0 Å². The number of thiophene rings is 1. The maximum atomic E-state index is 12.1. The third-order valence-corrected chi connectivity index (χ3v) is 5.37. The third-order valence-electron chi connectivity index (χ3n) is 2.62. The molecule has 0 saturated heterocycles. The number of rotatable bonds is 6. The van der Waals surface area contributed by atoms with Gasteiger partial charge in [-0.05, 0) is 25.1 Å². The van der Waals surface area contributed by atoms with Gasteiger partial charge in [0.15, 0.2) is 0 Å². The lowest BCUT2D eigenvalue weighted by Gasteiger charge is -2.04. The maximum absolute atomic E-state index is 12.1. The van der Waals surface area contributed by atoms with Crippen LogP contribution in [0.1, 0.15) is 20.3 Å². The minimum Gasteiger partial charge on any atom is -0.477 e. The molecule has 2 aromatic rings. The molecular formula is C12H13NO5S2. The number of hydrogen-bond donors (Lipinski definition) is 2. The number of sulfonamides is 1. The predicted octanol–water partition coefficient (Wildman–Crippen LogP) is 1.87. The molecule has 0 unspecified atom stereocenters. The normalized spacial score (nSPS) is 11.7. The minimum absolute atomic E-state index is 0.00825. The van der Waals surface area contributed by atoms with Crippen LogP contribution in [0.5, 0.6) is 0 Å². The van der Waals surface area contributed by atoms with E-state index in [1.807, 2.05) is 0 Å². The standard InChI is InChI=1S/C12H13NO5S2/c1-8-11(7-10(19-8)12(14)15)20(16,17)13-5-4-9-3-2-6-18-9/h2-3,6-7,13H,4-5H2,1H3,(H,14,15). The molecule has 108 valence electrons. The van der Waals surface area contributed by atoms with Crippen LogP contribution in [-0.4, -0.2) is 26.0 Å². The van der Waals surface area contributed by atoms with Gasteiger partial charge in [0.2, 0.25) is 10.0 Å². The molecular weight excluding hydrogens is 302 g/mol. The van der Waals surface area contributed by atoms with E-state index in [-0.39, 0.29) is 16.3 Å². The van der Waals surface area contributed by atoms with E-state index in [9.17, 15) is 13.2 Å². The number of carboxylic acid groups (broad SMARTS) is 1. The summed E-state index contributed by atoms with van der Waals surface area (Å²) in [7, 11) is -3.70. The van der Waals surface area contributed by atoms with Crippen molar-refractivity contribution < 1.29 is 22.7 Å². The number of carboxylic acids is 1. The minimum atomic E-state index is -3.70. The van der Waals surface area contributed by atoms with Gasteiger partial charge in [0.1, 0.15) is 10.6 Å². The Hall–Kier alpha value is -1.64. The Kier molecular flexibility index (Phi) is 4.26. The lowest BCUT2D eigenvalue weighted by molar-refractivity contribution is 0.0702. The van der Waals surface area contributed by atoms with Crippen LogP contribution in [0.25, 0.3) is 0 Å². The van der Waals surface area contributed by atoms with Crippen LogP contribution in [0.3, 0.4) is 0 Å². The molecule has 0 amide bonds. The molecule has 2 rings (SSSR count). The molecule has 0 bridgehead atoms. The number of aryl methyl sites for hydroxylation is 1. The molecule has 2 N–H and O–H groups in total. The zero-order valence-corrected chi connectivity index (χ0v) is 12.3. The lowest BCUT2D eigenvalue weighted by atomic mass is 10.3. The van der Waals surface area contributed by atoms with Crippen molar-refractivity contribution in [2.45, 2.75) is 18.2 Å². The van der Waals surface area contributed by atoms with Crippen molar-refractivity contribution in [2.24, 2.45) is 0 Å². The number of nitrogens with one attached hydrogen (secondary N) is 1. The Balaban J connectivity index is 2.08. The zero-order valence-electron chi connectivity index (χ0n) is 10.6. The van der Waals surface area contributed by atoms with Crippen molar-refractivity contribution >= 4 is 27.3 Å². The maximum Gasteiger partial charge on any atom is 0.345 e. The molecule has 0 saturated carbocycles. The average molecular weight is 315 g/mol. The van der Waals surface area contributed by atoms with Gasteiger partial charge in [-0.1, -0.05) is 0 Å². The smallest absolute Gasteiger partial charge is 0.345 e. The van der Waals surface area contributed by atoms with Gasteiger partial charge in [-0.3, -0.25) is 0 Å². The zero-order chi connectivity index (χ0) is 14.8. The summed E-state index contributed by atoms with van der Waals surface area (Å²) in [6.07, 6.45) is 1.95. The molecule has 2 aromatic heterocycles. The van der Waals surface area contributed by atoms with Crippen LogP contribution in [0, 0.1) is 6.92 Å². The fraction of sp³-hybridized carbons (Fsp3) is 0.250. The van der Waals surface area contributed by atoms with Crippen LogP contribution in [-0.2, 0) is 16.4 Å². The highest BCUT2D eigenvalue weighted by Gasteiger charge is 2.21. The van der Waals surface area contributed by atoms with Gasteiger partial charge in [0.25, 0.3) is 0 Å². The van der Waals surface area contributed by atoms with E-state index < -0.39 is 16.0 Å². The quantitative estimate of drug-likeness (QED) is 0.848. The predicted molar refractivity (Wildman–Crippen MR) is 73.6 cm³/mol. The first-order chi connectivity index (χ1) is 9.40. The fourth-order valence-electron chi connectivity index (χ4n) is 1.68. The summed E-state index contributed by atoms with van der Waals surface area (Å²) in [6.45, 7) is 1.77. The second-order valence-electron chi connectivity index (χ2n) is 4.06. The number of hydrogen-bond acceptors (Lipinski definition) is 5. The largest absolute Gasteiger partial charge is 0.477 e. The van der Waals surface area contributed by atoms with Gasteiger partial charge in [-0.15, -0.1) is 11.3 Å². The first-order valence-electron chi connectivity index (χ1n) is 5.76. The van der Waals surface area contributed by atoms with E-state index >= 15 is 0 Å². The average Bonchev–Trinajstić information content (AvgIpc) is 2.98. The van der Waals surface area contributed by atoms with E-state index in [1.165, 1.54) is 12.3 Å². The van der Waals surface area contributed by atoms with Crippen molar-refractivity contribution in [1.82, 2.24) is 4.72 Å². The van der Waals surface area contributed by atoms with Gasteiger partial charge in [-0.25, -0.2) is 17.9 Å². The van der Waals surface area contributed by atoms with Crippen molar-refractivity contribution in [3.63, 3.8) is 0 Å². The molecule has 0 aliphatic rings. The number of carbonyl (C=O) groups is 1. The summed E-state index contributed by atoms with van der Waals surface area (Å²) in [5.74, 6) is -0.448. The molecule has 6 nitrogen and oxygen atoms in total. The Morgan fingerprint density at radius 3 is 2.80 bits per heavy atom. The van der Waals surface area contributed by atoms with Crippen LogP contribution in [0.15, 0.2) is 33.8 Å². The van der Waals surface area contributed by atoms with E-state index in [0.717, 1.165) is 11.3 Å². The molecule has 20 heavy (non-hydrogen) atoms. The highest BCUT2D eigenvalue weighted by molar-refractivity contribution is 7.89. The van der Waals surface area contributed by atoms with Crippen LogP contribution >= 0.6 is 11.3 Å².